The monoisotopic (exact) mass is 1490 g/mol. The highest BCUT2D eigenvalue weighted by Gasteiger charge is 2.41. The summed E-state index contributed by atoms with van der Waals surface area (Å²) in [6.45, 7) is 19.1. The third-order valence-corrected chi connectivity index (χ3v) is 23.1. The van der Waals surface area contributed by atoms with Crippen molar-refractivity contribution < 1.29 is 48.1 Å². The molecule has 5 amide bonds. The normalized spacial score (nSPS) is 19.1. The number of benzene rings is 6. The molecule has 6 aliphatic rings. The van der Waals surface area contributed by atoms with Gasteiger partial charge in [0.1, 0.15) is 33.4 Å². The van der Waals surface area contributed by atoms with Gasteiger partial charge >= 0.3 is 5.97 Å². The van der Waals surface area contributed by atoms with Gasteiger partial charge in [0.2, 0.25) is 17.7 Å². The van der Waals surface area contributed by atoms with Crippen molar-refractivity contribution in [2.75, 3.05) is 37.3 Å². The van der Waals surface area contributed by atoms with E-state index in [-0.39, 0.29) is 77.5 Å². The number of nitrogens with one attached hydrogen (secondary N) is 4. The van der Waals surface area contributed by atoms with Crippen LogP contribution in [0.3, 0.4) is 0 Å². The van der Waals surface area contributed by atoms with E-state index in [1.54, 1.807) is 21.3 Å². The molecule has 5 N–H and O–H groups in total. The number of nitrogens with zero attached hydrogens (tertiary/aromatic N) is 2. The second kappa shape index (κ2) is 39.1. The van der Waals surface area contributed by atoms with Crippen molar-refractivity contribution in [1.29, 1.82) is 0 Å². The van der Waals surface area contributed by atoms with Crippen molar-refractivity contribution in [1.82, 2.24) is 15.1 Å². The summed E-state index contributed by atoms with van der Waals surface area (Å²) in [5.41, 5.74) is 19.0. The van der Waals surface area contributed by atoms with Crippen molar-refractivity contribution in [2.45, 2.75) is 231 Å². The van der Waals surface area contributed by atoms with Gasteiger partial charge in [-0.05, 0) is 212 Å². The zero-order chi connectivity index (χ0) is 77.7. The molecule has 12 rings (SSSR count). The van der Waals surface area contributed by atoms with Crippen LogP contribution in [0.4, 0.5) is 17.1 Å². The Morgan fingerprint density at radius 2 is 0.824 bits per heavy atom. The number of fused-ring (bicyclic) bond motifs is 3. The van der Waals surface area contributed by atoms with Crippen LogP contribution in [0.15, 0.2) is 127 Å². The number of aliphatic carboxylic acids is 1. The fourth-order valence-electron chi connectivity index (χ4n) is 14.7. The van der Waals surface area contributed by atoms with Gasteiger partial charge in [-0.25, -0.2) is 4.79 Å². The third-order valence-electron chi connectivity index (χ3n) is 21.4. The average molecular weight is 1500 g/mol. The molecule has 16 nitrogen and oxygen atoms in total. The molecule has 0 unspecified atom stereocenters. The lowest BCUT2D eigenvalue weighted by Gasteiger charge is -2.43. The van der Waals surface area contributed by atoms with E-state index in [1.807, 2.05) is 114 Å². The largest absolute Gasteiger partial charge is 0.497 e. The SMILES string of the molecule is C#CC(=O)N1[C@@H](CCCC)Cc2cc(OC)ccc2[C@@H]1c1ccc(NC(=O)C2CCC2)cc1.CCCC[C@H]1Cc2cc(OC)ccc2[C@H](c2ccc(NC(=O)C3CCC3)cc2)N1.CCCC[C@H]1Cc2cc(OC)ccc2[C@H](c2ccc(NC(=O)C3CCC3)cc2)N1C(=O)C#C[Si](C)(C)C.C[Si](C)(C)C#CC(=O)O. The number of carboxylic acids is 1. The molecular formula is C90H114N6O10Si2. The summed E-state index contributed by atoms with van der Waals surface area (Å²) >= 11 is 0. The molecule has 0 saturated heterocycles. The lowest BCUT2D eigenvalue weighted by atomic mass is 9.83. The topological polar surface area (TPSA) is 205 Å². The number of terminal acetylenes is 1. The minimum Gasteiger partial charge on any atom is -0.497 e. The smallest absolute Gasteiger partial charge is 0.381 e. The molecule has 0 aromatic heterocycles. The van der Waals surface area contributed by atoms with Crippen LogP contribution in [0.5, 0.6) is 17.2 Å². The maximum absolute atomic E-state index is 13.8. The molecular weight excluding hydrogens is 1380 g/mol. The van der Waals surface area contributed by atoms with E-state index in [4.69, 9.17) is 25.7 Å². The molecule has 6 atom stereocenters. The summed E-state index contributed by atoms with van der Waals surface area (Å²) in [5, 5.41) is 21.1. The van der Waals surface area contributed by atoms with E-state index in [9.17, 15) is 28.8 Å². The summed E-state index contributed by atoms with van der Waals surface area (Å²) in [4.78, 5) is 77.5. The Labute approximate surface area is 644 Å². The van der Waals surface area contributed by atoms with Gasteiger partial charge in [0, 0.05) is 58.9 Å². The van der Waals surface area contributed by atoms with Crippen molar-refractivity contribution in [2.24, 2.45) is 17.8 Å². The highest BCUT2D eigenvalue weighted by molar-refractivity contribution is 6.84. The van der Waals surface area contributed by atoms with E-state index < -0.39 is 22.1 Å². The van der Waals surface area contributed by atoms with E-state index in [1.165, 1.54) is 53.5 Å². The molecule has 6 aromatic rings. The fraction of sp³-hybridized carbons (Fsp3) is 0.467. The van der Waals surface area contributed by atoms with Crippen LogP contribution in [0.2, 0.25) is 39.3 Å². The molecule has 0 spiro atoms. The van der Waals surface area contributed by atoms with E-state index in [0.717, 1.165) is 166 Å². The second-order valence-electron chi connectivity index (χ2n) is 31.7. The maximum atomic E-state index is 13.8. The summed E-state index contributed by atoms with van der Waals surface area (Å²) in [6, 6.07) is 43.1. The first-order chi connectivity index (χ1) is 51.8. The average Bonchev–Trinajstić information content (AvgIpc) is 0.762. The fourth-order valence-corrected chi connectivity index (χ4v) is 15.7. The van der Waals surface area contributed by atoms with Gasteiger partial charge in [-0.3, -0.25) is 24.0 Å². The highest BCUT2D eigenvalue weighted by Crippen LogP contribution is 2.44. The Morgan fingerprint density at radius 1 is 0.472 bits per heavy atom. The quantitative estimate of drug-likeness (QED) is 0.0339. The number of methoxy groups -OCH3 is 3. The van der Waals surface area contributed by atoms with Crippen LogP contribution >= 0.6 is 0 Å². The maximum Gasteiger partial charge on any atom is 0.381 e. The predicted molar refractivity (Wildman–Crippen MR) is 438 cm³/mol. The van der Waals surface area contributed by atoms with Gasteiger partial charge in [0.15, 0.2) is 0 Å². The minimum atomic E-state index is -1.71. The van der Waals surface area contributed by atoms with Crippen molar-refractivity contribution in [3.63, 3.8) is 0 Å². The Bertz CT molecular complexity index is 4260. The zero-order valence-electron chi connectivity index (χ0n) is 65.8. The van der Waals surface area contributed by atoms with Gasteiger partial charge in [0.25, 0.3) is 11.8 Å². The summed E-state index contributed by atoms with van der Waals surface area (Å²) in [5.74, 6) is 9.49. The molecule has 3 heterocycles. The van der Waals surface area contributed by atoms with Gasteiger partial charge in [-0.1, -0.05) is 172 Å². The summed E-state index contributed by atoms with van der Waals surface area (Å²) in [7, 11) is 1.91. The number of hydrogen-bond donors (Lipinski definition) is 5. The Kier molecular flexibility index (Phi) is 29.9. The van der Waals surface area contributed by atoms with Gasteiger partial charge in [0.05, 0.1) is 39.5 Å². The minimum absolute atomic E-state index is 0.0242. The Balaban J connectivity index is 0.000000177. The van der Waals surface area contributed by atoms with Crippen molar-refractivity contribution in [3.8, 4) is 52.5 Å². The van der Waals surface area contributed by atoms with Crippen LogP contribution in [0.1, 0.15) is 205 Å². The van der Waals surface area contributed by atoms with Crippen molar-refractivity contribution in [3.05, 3.63) is 177 Å². The number of anilines is 3. The molecule has 18 heteroatoms. The number of carboxylic acid groups (broad SMARTS) is 1. The first-order valence-corrected chi connectivity index (χ1v) is 46.2. The first-order valence-electron chi connectivity index (χ1n) is 39.2. The van der Waals surface area contributed by atoms with E-state index in [2.05, 4.69) is 133 Å². The molecule has 3 saturated carbocycles. The molecule has 3 aliphatic carbocycles. The molecule has 108 heavy (non-hydrogen) atoms. The van der Waals surface area contributed by atoms with Crippen LogP contribution in [0.25, 0.3) is 0 Å². The molecule has 0 bridgehead atoms. The summed E-state index contributed by atoms with van der Waals surface area (Å²) < 4.78 is 16.5. The van der Waals surface area contributed by atoms with E-state index in [0.29, 0.717) is 6.04 Å². The molecule has 3 aliphatic heterocycles. The third kappa shape index (κ3) is 22.6. The van der Waals surface area contributed by atoms with Crippen LogP contribution < -0.4 is 35.5 Å². The van der Waals surface area contributed by atoms with Crippen LogP contribution in [-0.2, 0) is 48.0 Å². The van der Waals surface area contributed by atoms with E-state index >= 15 is 0 Å². The highest BCUT2D eigenvalue weighted by atomic mass is 28.3. The van der Waals surface area contributed by atoms with Crippen molar-refractivity contribution >= 4 is 68.7 Å². The molecule has 6 aromatic carbocycles. The number of carbonyl (C=O) groups excluding carboxylic acids is 5. The first kappa shape index (κ1) is 82.7. The lowest BCUT2D eigenvalue weighted by molar-refractivity contribution is -0.131. The van der Waals surface area contributed by atoms with Gasteiger partial charge < -0.3 is 50.4 Å². The van der Waals surface area contributed by atoms with Crippen LogP contribution in [0, 0.1) is 53.0 Å². The molecule has 0 radical (unpaired) electrons. The number of rotatable bonds is 21. The second-order valence-corrected chi connectivity index (χ2v) is 41.2. The zero-order valence-corrected chi connectivity index (χ0v) is 67.8. The van der Waals surface area contributed by atoms with Gasteiger partial charge in [-0.15, -0.1) is 17.5 Å². The number of carbonyl (C=O) groups is 6. The number of amides is 5. The standard InChI is InChI=1S/C31H40N2O3Si.C28H32N2O3.C25H32N2O2.C6H10O2Si/c1-6-7-11-26-20-24-21-27(36-2)16-17-28(24)30(33(26)29(34)18-19-37(3,4)5)22-12-14-25(15-13-22)32-31(35)23-9-8-10-23;1-4-6-10-23-17-21-18-24(33-3)15-16-25(21)27(30(23)26(31)5-2)19-11-13-22(14-12-19)29-28(32)20-8-7-9-20;1-3-4-8-21-15-19-16-22(29-2)13-14-23(19)24(26-21)17-9-11-20(12-10-17)27-25(28)18-6-5-7-18;1-9(2,3)5-4-6(7)8/h12-17,21,23,26,30H,6-11,20H2,1-5H3,(H,32,35);2,11-16,18,20,23,27H,4,6-10,17H2,1,3H3,(H,29,32);9-14,16,18,21,24,26H,3-8,15H2,1-2H3,(H,27,28);1-3H3,(H,7,8)/t26-,30-;23-,27-;21-,24-;/m000./s1. The molecule has 572 valence electrons. The Hall–Kier alpha value is -9.39. The summed E-state index contributed by atoms with van der Waals surface area (Å²) in [6.07, 6.45) is 27.2. The molecule has 3 fully saturated rings. The number of hydrogen-bond acceptors (Lipinski definition) is 10. The lowest BCUT2D eigenvalue weighted by Crippen LogP contribution is -2.47. The van der Waals surface area contributed by atoms with Gasteiger partial charge in [-0.2, -0.15) is 0 Å². The van der Waals surface area contributed by atoms with Crippen LogP contribution in [-0.4, -0.2) is 106 Å². The predicted octanol–water partition coefficient (Wildman–Crippen LogP) is 17.6. The Morgan fingerprint density at radius 3 is 1.16 bits per heavy atom. The number of unbranched alkanes of at least 4 members (excludes halogenated alkanes) is 3. The number of ether oxygens (including phenoxy) is 3.